The second-order valence-corrected chi connectivity index (χ2v) is 8.26. The summed E-state index contributed by atoms with van der Waals surface area (Å²) in [5.74, 6) is 0. The van der Waals surface area contributed by atoms with Gasteiger partial charge in [0.1, 0.15) is 5.69 Å². The molecular weight excluding hydrogens is 354 g/mol. The number of sulfonamides is 1. The van der Waals surface area contributed by atoms with Gasteiger partial charge in [0.15, 0.2) is 0 Å². The Hall–Kier alpha value is -2.45. The predicted molar refractivity (Wildman–Crippen MR) is 99.8 cm³/mol. The summed E-state index contributed by atoms with van der Waals surface area (Å²) in [5, 5.41) is 11.6. The Bertz CT molecular complexity index is 926. The summed E-state index contributed by atoms with van der Waals surface area (Å²) in [6.07, 6.45) is 1.82. The molecule has 1 heterocycles. The average Bonchev–Trinajstić information content (AvgIpc) is 3.11. The molecule has 1 aliphatic heterocycles. The molecule has 0 amide bonds. The van der Waals surface area contributed by atoms with Crippen molar-refractivity contribution in [3.8, 4) is 0 Å². The standard InChI is InChI=1S/C18H21N3O4S/c1-13-5-7-14(8-6-13)16-4-3-11-20(16)17-10-9-15(26(24,25)19-2)12-18(17)21(22)23/h5-10,12,16,19H,3-4,11H2,1-2H3. The molecule has 26 heavy (non-hydrogen) atoms. The van der Waals surface area contributed by atoms with Gasteiger partial charge in [-0.2, -0.15) is 0 Å². The van der Waals surface area contributed by atoms with E-state index in [0.29, 0.717) is 12.2 Å². The molecule has 1 unspecified atom stereocenters. The summed E-state index contributed by atoms with van der Waals surface area (Å²) in [7, 11) is -2.46. The van der Waals surface area contributed by atoms with Crippen molar-refractivity contribution >= 4 is 21.4 Å². The molecule has 3 rings (SSSR count). The Labute approximate surface area is 152 Å². The molecule has 0 bridgehead atoms. The van der Waals surface area contributed by atoms with Gasteiger partial charge in [0.25, 0.3) is 5.69 Å². The van der Waals surface area contributed by atoms with Gasteiger partial charge in [0.05, 0.1) is 15.9 Å². The first kappa shape index (κ1) is 18.3. The van der Waals surface area contributed by atoms with Crippen LogP contribution in [0.5, 0.6) is 0 Å². The van der Waals surface area contributed by atoms with E-state index < -0.39 is 14.9 Å². The second-order valence-electron chi connectivity index (χ2n) is 6.38. The Morgan fingerprint density at radius 2 is 1.88 bits per heavy atom. The second kappa shape index (κ2) is 7.05. The summed E-state index contributed by atoms with van der Waals surface area (Å²) in [6.45, 7) is 2.71. The molecule has 7 nitrogen and oxygen atoms in total. The van der Waals surface area contributed by atoms with E-state index in [-0.39, 0.29) is 16.6 Å². The van der Waals surface area contributed by atoms with Gasteiger partial charge < -0.3 is 4.90 Å². The molecule has 0 aliphatic carbocycles. The highest BCUT2D eigenvalue weighted by atomic mass is 32.2. The monoisotopic (exact) mass is 375 g/mol. The minimum Gasteiger partial charge on any atom is -0.359 e. The van der Waals surface area contributed by atoms with Crippen LogP contribution >= 0.6 is 0 Å². The molecule has 1 atom stereocenters. The van der Waals surface area contributed by atoms with Crippen molar-refractivity contribution in [2.24, 2.45) is 0 Å². The summed E-state index contributed by atoms with van der Waals surface area (Å²) < 4.78 is 26.1. The summed E-state index contributed by atoms with van der Waals surface area (Å²) in [6, 6.07) is 12.3. The highest BCUT2D eigenvalue weighted by Crippen LogP contribution is 2.41. The van der Waals surface area contributed by atoms with Gasteiger partial charge >= 0.3 is 0 Å². The van der Waals surface area contributed by atoms with Gasteiger partial charge in [-0.05, 0) is 44.5 Å². The van der Waals surface area contributed by atoms with Gasteiger partial charge in [-0.1, -0.05) is 29.8 Å². The number of anilines is 1. The van der Waals surface area contributed by atoms with Gasteiger partial charge in [0, 0.05) is 12.6 Å². The quantitative estimate of drug-likeness (QED) is 0.640. The van der Waals surface area contributed by atoms with Crippen LogP contribution in [0.15, 0.2) is 47.4 Å². The molecule has 1 saturated heterocycles. The molecule has 0 radical (unpaired) electrons. The Balaban J connectivity index is 2.04. The smallest absolute Gasteiger partial charge is 0.293 e. The molecule has 1 N–H and O–H groups in total. The molecule has 138 valence electrons. The van der Waals surface area contributed by atoms with Crippen LogP contribution in [0.25, 0.3) is 0 Å². The van der Waals surface area contributed by atoms with Crippen LogP contribution in [0.1, 0.15) is 30.0 Å². The highest BCUT2D eigenvalue weighted by molar-refractivity contribution is 7.89. The van der Waals surface area contributed by atoms with Gasteiger partial charge in [-0.15, -0.1) is 0 Å². The lowest BCUT2D eigenvalue weighted by Gasteiger charge is -2.27. The van der Waals surface area contributed by atoms with Crippen LogP contribution in [0.3, 0.4) is 0 Å². The van der Waals surface area contributed by atoms with Gasteiger partial charge in [-0.3, -0.25) is 10.1 Å². The number of nitrogens with zero attached hydrogens (tertiary/aromatic N) is 2. The maximum Gasteiger partial charge on any atom is 0.293 e. The number of rotatable bonds is 5. The zero-order valence-corrected chi connectivity index (χ0v) is 15.5. The molecule has 8 heteroatoms. The zero-order valence-electron chi connectivity index (χ0n) is 14.7. The van der Waals surface area contributed by atoms with Crippen LogP contribution in [-0.4, -0.2) is 26.9 Å². The maximum atomic E-state index is 12.0. The third-order valence-electron chi connectivity index (χ3n) is 4.75. The largest absolute Gasteiger partial charge is 0.359 e. The molecule has 1 fully saturated rings. The van der Waals surface area contributed by atoms with E-state index in [1.165, 1.54) is 19.2 Å². The van der Waals surface area contributed by atoms with E-state index in [0.717, 1.165) is 30.0 Å². The fourth-order valence-corrected chi connectivity index (χ4v) is 4.12. The van der Waals surface area contributed by atoms with Crippen molar-refractivity contribution in [1.82, 2.24) is 4.72 Å². The lowest BCUT2D eigenvalue weighted by molar-refractivity contribution is -0.384. The molecule has 2 aromatic carbocycles. The van der Waals surface area contributed by atoms with Crippen molar-refractivity contribution in [1.29, 1.82) is 0 Å². The van der Waals surface area contributed by atoms with Crippen molar-refractivity contribution < 1.29 is 13.3 Å². The van der Waals surface area contributed by atoms with Crippen LogP contribution in [-0.2, 0) is 10.0 Å². The normalized spacial score (nSPS) is 17.5. The van der Waals surface area contributed by atoms with Crippen molar-refractivity contribution in [2.45, 2.75) is 30.7 Å². The third-order valence-corrected chi connectivity index (χ3v) is 6.16. The van der Waals surface area contributed by atoms with Crippen molar-refractivity contribution in [2.75, 3.05) is 18.5 Å². The fraction of sp³-hybridized carbons (Fsp3) is 0.333. The van der Waals surface area contributed by atoms with Crippen molar-refractivity contribution in [3.05, 3.63) is 63.7 Å². The first-order valence-corrected chi connectivity index (χ1v) is 9.87. The minimum atomic E-state index is -3.74. The highest BCUT2D eigenvalue weighted by Gasteiger charge is 2.31. The number of nitro benzene ring substituents is 1. The number of nitrogens with one attached hydrogen (secondary N) is 1. The van der Waals surface area contributed by atoms with E-state index in [2.05, 4.69) is 4.72 Å². The summed E-state index contributed by atoms with van der Waals surface area (Å²) in [5.41, 5.74) is 2.52. The molecule has 2 aromatic rings. The van der Waals surface area contributed by atoms with E-state index >= 15 is 0 Å². The molecule has 1 aliphatic rings. The number of hydrogen-bond donors (Lipinski definition) is 1. The topological polar surface area (TPSA) is 92.6 Å². The van der Waals surface area contributed by atoms with Crippen LogP contribution < -0.4 is 9.62 Å². The van der Waals surface area contributed by atoms with E-state index in [1.807, 2.05) is 36.1 Å². The first-order valence-electron chi connectivity index (χ1n) is 8.38. The number of benzene rings is 2. The Kier molecular flexibility index (Phi) is 4.97. The number of hydrogen-bond acceptors (Lipinski definition) is 5. The average molecular weight is 375 g/mol. The molecular formula is C18H21N3O4S. The predicted octanol–water partition coefficient (Wildman–Crippen LogP) is 3.15. The van der Waals surface area contributed by atoms with E-state index in [4.69, 9.17) is 0 Å². The van der Waals surface area contributed by atoms with Crippen LogP contribution in [0, 0.1) is 17.0 Å². The van der Waals surface area contributed by atoms with Gasteiger partial charge in [-0.25, -0.2) is 13.1 Å². The number of nitro groups is 1. The number of aryl methyl sites for hydroxylation is 1. The van der Waals surface area contributed by atoms with Crippen molar-refractivity contribution in [3.63, 3.8) is 0 Å². The lowest BCUT2D eigenvalue weighted by atomic mass is 10.0. The zero-order chi connectivity index (χ0) is 18.9. The summed E-state index contributed by atoms with van der Waals surface area (Å²) in [4.78, 5) is 13.0. The molecule has 0 saturated carbocycles. The first-order chi connectivity index (χ1) is 12.3. The van der Waals surface area contributed by atoms with Crippen LogP contribution in [0.2, 0.25) is 0 Å². The third kappa shape index (κ3) is 3.42. The lowest BCUT2D eigenvalue weighted by Crippen LogP contribution is -2.24. The van der Waals surface area contributed by atoms with Gasteiger partial charge in [0.2, 0.25) is 10.0 Å². The Morgan fingerprint density at radius 1 is 1.19 bits per heavy atom. The fourth-order valence-electron chi connectivity index (χ4n) is 3.37. The minimum absolute atomic E-state index is 0.0426. The molecule has 0 spiro atoms. The maximum absolute atomic E-state index is 12.0. The SMILES string of the molecule is CNS(=O)(=O)c1ccc(N2CCCC2c2ccc(C)cc2)c([N+](=O)[O-])c1. The van der Waals surface area contributed by atoms with Crippen LogP contribution in [0.4, 0.5) is 11.4 Å². The van der Waals surface area contributed by atoms with E-state index in [9.17, 15) is 18.5 Å². The summed E-state index contributed by atoms with van der Waals surface area (Å²) >= 11 is 0. The van der Waals surface area contributed by atoms with E-state index in [1.54, 1.807) is 0 Å². The molecule has 0 aromatic heterocycles. The Morgan fingerprint density at radius 3 is 2.50 bits per heavy atom.